The highest BCUT2D eigenvalue weighted by Crippen LogP contribution is 2.18. The number of nitrogens with one attached hydrogen (secondary N) is 1. The van der Waals surface area contributed by atoms with Crippen LogP contribution in [0.2, 0.25) is 0 Å². The quantitative estimate of drug-likeness (QED) is 0.731. The van der Waals surface area contributed by atoms with Gasteiger partial charge in [0.1, 0.15) is 0 Å². The molecule has 15 heavy (non-hydrogen) atoms. The Bertz CT molecular complexity index is 271. The van der Waals surface area contributed by atoms with Gasteiger partial charge < -0.3 is 11.1 Å². The first kappa shape index (κ1) is 13.9. The van der Waals surface area contributed by atoms with Crippen molar-refractivity contribution in [2.75, 3.05) is 6.54 Å². The molecule has 1 unspecified atom stereocenters. The summed E-state index contributed by atoms with van der Waals surface area (Å²) in [5, 5.41) is 11.5. The van der Waals surface area contributed by atoms with E-state index < -0.39 is 11.5 Å². The molecule has 0 radical (unpaired) electrons. The molecule has 0 aromatic carbocycles. The van der Waals surface area contributed by atoms with E-state index in [1.807, 2.05) is 20.8 Å². The maximum atomic E-state index is 11.6. The van der Waals surface area contributed by atoms with Crippen LogP contribution < -0.4 is 11.1 Å². The highest BCUT2D eigenvalue weighted by molar-refractivity contribution is 5.82. The van der Waals surface area contributed by atoms with Crippen LogP contribution in [0, 0.1) is 22.2 Å². The molecule has 0 rings (SSSR count). The van der Waals surface area contributed by atoms with Crippen molar-refractivity contribution < 1.29 is 4.79 Å². The van der Waals surface area contributed by atoms with Gasteiger partial charge in [-0.15, -0.1) is 0 Å². The number of carbonyl (C=O) groups is 1. The van der Waals surface area contributed by atoms with Gasteiger partial charge in [-0.3, -0.25) is 4.79 Å². The largest absolute Gasteiger partial charge is 0.353 e. The van der Waals surface area contributed by atoms with Gasteiger partial charge in [-0.05, 0) is 19.3 Å². The Kier molecular flexibility index (Phi) is 4.29. The van der Waals surface area contributed by atoms with Gasteiger partial charge in [0, 0.05) is 6.54 Å². The molecular weight excluding hydrogens is 190 g/mol. The lowest BCUT2D eigenvalue weighted by Crippen LogP contribution is -2.50. The third-order valence-corrected chi connectivity index (χ3v) is 2.22. The van der Waals surface area contributed by atoms with E-state index in [2.05, 4.69) is 11.4 Å². The summed E-state index contributed by atoms with van der Waals surface area (Å²) in [6.07, 6.45) is 0. The van der Waals surface area contributed by atoms with Gasteiger partial charge in [0.05, 0.1) is 17.5 Å². The second-order valence-electron chi connectivity index (χ2n) is 5.56. The molecule has 86 valence electrons. The maximum absolute atomic E-state index is 11.6. The molecule has 0 bridgehead atoms. The van der Waals surface area contributed by atoms with Crippen molar-refractivity contribution in [1.29, 1.82) is 5.26 Å². The Labute approximate surface area is 91.8 Å². The molecule has 0 saturated heterocycles. The summed E-state index contributed by atoms with van der Waals surface area (Å²) in [4.78, 5) is 11.6. The average molecular weight is 211 g/mol. The van der Waals surface area contributed by atoms with E-state index in [4.69, 9.17) is 11.0 Å². The van der Waals surface area contributed by atoms with E-state index in [0.29, 0.717) is 6.54 Å². The molecule has 0 aliphatic heterocycles. The molecule has 0 heterocycles. The van der Waals surface area contributed by atoms with Gasteiger partial charge in [-0.2, -0.15) is 5.26 Å². The van der Waals surface area contributed by atoms with Crippen LogP contribution in [0.3, 0.4) is 0 Å². The Morgan fingerprint density at radius 1 is 1.40 bits per heavy atom. The molecule has 1 atom stereocenters. The molecule has 0 aliphatic carbocycles. The summed E-state index contributed by atoms with van der Waals surface area (Å²) in [5.41, 5.74) is 4.96. The predicted molar refractivity (Wildman–Crippen MR) is 59.8 cm³/mol. The van der Waals surface area contributed by atoms with Gasteiger partial charge in [0.15, 0.2) is 0 Å². The topological polar surface area (TPSA) is 78.9 Å². The minimum atomic E-state index is -0.549. The van der Waals surface area contributed by atoms with Gasteiger partial charge in [0.25, 0.3) is 0 Å². The Balaban J connectivity index is 4.24. The molecule has 4 nitrogen and oxygen atoms in total. The zero-order valence-electron chi connectivity index (χ0n) is 10.2. The zero-order chi connectivity index (χ0) is 12.3. The number of amides is 1. The van der Waals surface area contributed by atoms with Crippen molar-refractivity contribution in [2.45, 2.75) is 40.7 Å². The highest BCUT2D eigenvalue weighted by Gasteiger charge is 2.28. The summed E-state index contributed by atoms with van der Waals surface area (Å²) in [6.45, 7) is 9.60. The average Bonchev–Trinajstić information content (AvgIpc) is 2.11. The molecular formula is C11H21N3O. The van der Waals surface area contributed by atoms with E-state index in [-0.39, 0.29) is 11.3 Å². The number of rotatable bonds is 3. The van der Waals surface area contributed by atoms with Crippen molar-refractivity contribution in [3.63, 3.8) is 0 Å². The molecule has 0 spiro atoms. The smallest absolute Gasteiger partial charge is 0.237 e. The fraction of sp³-hybridized carbons (Fsp3) is 0.818. The van der Waals surface area contributed by atoms with E-state index in [9.17, 15) is 4.79 Å². The minimum Gasteiger partial charge on any atom is -0.353 e. The standard InChI is InChI=1S/C11H21N3O/c1-10(2,3)8(13)9(15)14-7-11(4,5)6-12/h8H,7,13H2,1-5H3,(H,14,15). The SMILES string of the molecule is CC(C)(C#N)CNC(=O)C(N)C(C)(C)C. The zero-order valence-corrected chi connectivity index (χ0v) is 10.2. The number of nitrogens with two attached hydrogens (primary N) is 1. The molecule has 0 aliphatic rings. The molecule has 0 fully saturated rings. The molecule has 3 N–H and O–H groups in total. The first-order chi connectivity index (χ1) is 6.60. The Morgan fingerprint density at radius 2 is 1.87 bits per heavy atom. The van der Waals surface area contributed by atoms with E-state index in [1.165, 1.54) is 0 Å². The first-order valence-electron chi connectivity index (χ1n) is 5.05. The monoisotopic (exact) mass is 211 g/mol. The number of nitriles is 1. The van der Waals surface area contributed by atoms with E-state index >= 15 is 0 Å². The van der Waals surface area contributed by atoms with Crippen molar-refractivity contribution in [1.82, 2.24) is 5.32 Å². The fourth-order valence-electron chi connectivity index (χ4n) is 0.851. The fourth-order valence-corrected chi connectivity index (χ4v) is 0.851. The highest BCUT2D eigenvalue weighted by atomic mass is 16.2. The number of hydrogen-bond acceptors (Lipinski definition) is 3. The molecule has 1 amide bonds. The number of carbonyl (C=O) groups excluding carboxylic acids is 1. The lowest BCUT2D eigenvalue weighted by atomic mass is 9.86. The van der Waals surface area contributed by atoms with Crippen LogP contribution in [-0.4, -0.2) is 18.5 Å². The van der Waals surface area contributed by atoms with Gasteiger partial charge >= 0.3 is 0 Å². The first-order valence-corrected chi connectivity index (χ1v) is 5.05. The van der Waals surface area contributed by atoms with E-state index in [0.717, 1.165) is 0 Å². The van der Waals surface area contributed by atoms with Gasteiger partial charge in [-0.1, -0.05) is 20.8 Å². The Morgan fingerprint density at radius 3 is 2.20 bits per heavy atom. The van der Waals surface area contributed by atoms with Crippen LogP contribution in [0.25, 0.3) is 0 Å². The van der Waals surface area contributed by atoms with Crippen LogP contribution in [-0.2, 0) is 4.79 Å². The summed E-state index contributed by atoms with van der Waals surface area (Å²) in [7, 11) is 0. The number of hydrogen-bond donors (Lipinski definition) is 2. The maximum Gasteiger partial charge on any atom is 0.237 e. The molecule has 4 heteroatoms. The molecule has 0 aromatic heterocycles. The second-order valence-corrected chi connectivity index (χ2v) is 5.56. The predicted octanol–water partition coefficient (Wildman–Crippen LogP) is 1.03. The van der Waals surface area contributed by atoms with Gasteiger partial charge in [-0.25, -0.2) is 0 Å². The molecule has 0 aromatic rings. The third kappa shape index (κ3) is 4.80. The summed E-state index contributed by atoms with van der Waals surface area (Å²) >= 11 is 0. The Hall–Kier alpha value is -1.08. The lowest BCUT2D eigenvalue weighted by molar-refractivity contribution is -0.124. The van der Waals surface area contributed by atoms with Crippen molar-refractivity contribution in [3.8, 4) is 6.07 Å². The molecule has 0 saturated carbocycles. The number of nitrogens with zero attached hydrogens (tertiary/aromatic N) is 1. The second kappa shape index (κ2) is 4.63. The van der Waals surface area contributed by atoms with E-state index in [1.54, 1.807) is 13.8 Å². The van der Waals surface area contributed by atoms with Gasteiger partial charge in [0.2, 0.25) is 5.91 Å². The van der Waals surface area contributed by atoms with Crippen molar-refractivity contribution in [3.05, 3.63) is 0 Å². The van der Waals surface area contributed by atoms with Crippen molar-refractivity contribution >= 4 is 5.91 Å². The van der Waals surface area contributed by atoms with Crippen LogP contribution in [0.5, 0.6) is 0 Å². The normalized spacial score (nSPS) is 14.2. The van der Waals surface area contributed by atoms with Crippen LogP contribution in [0.15, 0.2) is 0 Å². The van der Waals surface area contributed by atoms with Crippen LogP contribution in [0.1, 0.15) is 34.6 Å². The summed E-state index contributed by atoms with van der Waals surface area (Å²) in [5.74, 6) is -0.203. The summed E-state index contributed by atoms with van der Waals surface area (Å²) < 4.78 is 0. The summed E-state index contributed by atoms with van der Waals surface area (Å²) in [6, 6.07) is 1.57. The van der Waals surface area contributed by atoms with Crippen LogP contribution in [0.4, 0.5) is 0 Å². The van der Waals surface area contributed by atoms with Crippen molar-refractivity contribution in [2.24, 2.45) is 16.6 Å². The lowest BCUT2D eigenvalue weighted by Gasteiger charge is -2.27. The minimum absolute atomic E-state index is 0.203. The third-order valence-electron chi connectivity index (χ3n) is 2.22. The van der Waals surface area contributed by atoms with Crippen LogP contribution >= 0.6 is 0 Å².